The molecule has 3 aromatic carbocycles. The SMILES string of the molecule is CC[C@@H](C(=O)NC(CC(=O)OC(C)(C)c1ccc(C(F)(F)F)cc1)C(=O)COc1c(F)c(F)cc(F)c1F)n1ccc2ccc(Cl)cc2c1=O. The van der Waals surface area contributed by atoms with E-state index >= 15 is 0 Å². The van der Waals surface area contributed by atoms with E-state index < -0.39 is 94.7 Å². The number of hydrogen-bond donors (Lipinski definition) is 1. The molecule has 50 heavy (non-hydrogen) atoms. The van der Waals surface area contributed by atoms with Crippen LogP contribution in [-0.2, 0) is 30.9 Å². The van der Waals surface area contributed by atoms with Crippen LogP contribution in [0.15, 0.2) is 65.6 Å². The molecule has 266 valence electrons. The maximum absolute atomic E-state index is 14.2. The molecular formula is C34H28ClF7N2O6. The summed E-state index contributed by atoms with van der Waals surface area (Å²) in [5.74, 6) is -12.4. The molecule has 0 radical (unpaired) electrons. The van der Waals surface area contributed by atoms with Crippen LogP contribution in [0.25, 0.3) is 10.8 Å². The molecule has 0 bridgehead atoms. The lowest BCUT2D eigenvalue weighted by Gasteiger charge is -2.28. The van der Waals surface area contributed by atoms with Crippen LogP contribution in [0.2, 0.25) is 5.02 Å². The van der Waals surface area contributed by atoms with Gasteiger partial charge in [0.15, 0.2) is 23.2 Å². The highest BCUT2D eigenvalue weighted by atomic mass is 35.5. The number of carbonyl (C=O) groups excluding carboxylic acids is 3. The molecule has 0 aliphatic heterocycles. The number of ketones is 1. The van der Waals surface area contributed by atoms with E-state index in [1.54, 1.807) is 25.1 Å². The summed E-state index contributed by atoms with van der Waals surface area (Å²) in [7, 11) is 0. The van der Waals surface area contributed by atoms with Gasteiger partial charge in [0.2, 0.25) is 17.5 Å². The zero-order valence-corrected chi connectivity index (χ0v) is 27.2. The fraction of sp³-hybridized carbons (Fsp3) is 0.294. The van der Waals surface area contributed by atoms with Gasteiger partial charge in [-0.3, -0.25) is 19.2 Å². The minimum Gasteiger partial charge on any atom is -0.479 e. The number of pyridine rings is 1. The van der Waals surface area contributed by atoms with E-state index in [9.17, 15) is 49.9 Å². The van der Waals surface area contributed by atoms with Crippen molar-refractivity contribution in [3.63, 3.8) is 0 Å². The number of ether oxygens (including phenoxy) is 2. The van der Waals surface area contributed by atoms with E-state index in [-0.39, 0.29) is 28.5 Å². The number of hydrogen-bond acceptors (Lipinski definition) is 6. The minimum atomic E-state index is -4.63. The van der Waals surface area contributed by atoms with Gasteiger partial charge in [-0.1, -0.05) is 36.7 Å². The van der Waals surface area contributed by atoms with E-state index in [2.05, 4.69) is 5.32 Å². The highest BCUT2D eigenvalue weighted by molar-refractivity contribution is 6.31. The topological polar surface area (TPSA) is 104 Å². The molecule has 0 fully saturated rings. The predicted octanol–water partition coefficient (Wildman–Crippen LogP) is 7.18. The molecule has 1 amide bonds. The van der Waals surface area contributed by atoms with Gasteiger partial charge in [0.05, 0.1) is 12.0 Å². The second kappa shape index (κ2) is 14.9. The van der Waals surface area contributed by atoms with E-state index in [1.165, 1.54) is 26.1 Å². The Labute approximate surface area is 284 Å². The summed E-state index contributed by atoms with van der Waals surface area (Å²) in [6.45, 7) is 2.94. The number of carbonyl (C=O) groups is 3. The van der Waals surface area contributed by atoms with Crippen LogP contribution < -0.4 is 15.6 Å². The lowest BCUT2D eigenvalue weighted by atomic mass is 9.96. The number of halogens is 8. The molecule has 1 unspecified atom stereocenters. The third kappa shape index (κ3) is 8.44. The van der Waals surface area contributed by atoms with Crippen LogP contribution in [0.5, 0.6) is 5.75 Å². The fourth-order valence-electron chi connectivity index (χ4n) is 5.03. The Balaban J connectivity index is 1.61. The van der Waals surface area contributed by atoms with Gasteiger partial charge in [0.1, 0.15) is 24.3 Å². The Morgan fingerprint density at radius 2 is 1.50 bits per heavy atom. The average molecular weight is 729 g/mol. The Kier molecular flexibility index (Phi) is 11.3. The first kappa shape index (κ1) is 37.9. The van der Waals surface area contributed by atoms with Crippen LogP contribution in [0.4, 0.5) is 30.7 Å². The molecule has 2 atom stereocenters. The molecule has 0 aliphatic carbocycles. The predicted molar refractivity (Wildman–Crippen MR) is 166 cm³/mol. The van der Waals surface area contributed by atoms with Gasteiger partial charge in [0, 0.05) is 22.7 Å². The lowest BCUT2D eigenvalue weighted by molar-refractivity contribution is -0.159. The number of esters is 1. The second-order valence-electron chi connectivity index (χ2n) is 11.6. The number of rotatable bonds is 12. The second-order valence-corrected chi connectivity index (χ2v) is 12.0. The van der Waals surface area contributed by atoms with E-state index in [1.807, 2.05) is 0 Å². The monoisotopic (exact) mass is 728 g/mol. The molecule has 0 spiro atoms. The Bertz CT molecular complexity index is 1970. The number of aromatic nitrogens is 1. The first-order valence-corrected chi connectivity index (χ1v) is 15.2. The molecule has 0 saturated carbocycles. The molecule has 0 aliphatic rings. The van der Waals surface area contributed by atoms with Gasteiger partial charge in [-0.15, -0.1) is 0 Å². The quantitative estimate of drug-likeness (QED) is 0.0942. The third-order valence-electron chi connectivity index (χ3n) is 7.70. The molecule has 4 rings (SSSR count). The zero-order valence-electron chi connectivity index (χ0n) is 26.5. The van der Waals surface area contributed by atoms with Gasteiger partial charge in [-0.2, -0.15) is 22.0 Å². The normalized spacial score (nSPS) is 13.1. The van der Waals surface area contributed by atoms with Crippen molar-refractivity contribution in [1.29, 1.82) is 0 Å². The van der Waals surface area contributed by atoms with Gasteiger partial charge >= 0.3 is 12.1 Å². The van der Waals surface area contributed by atoms with Gasteiger partial charge in [-0.25, -0.2) is 8.78 Å². The van der Waals surface area contributed by atoms with Gasteiger partial charge < -0.3 is 19.4 Å². The van der Waals surface area contributed by atoms with E-state index in [0.29, 0.717) is 5.39 Å². The van der Waals surface area contributed by atoms with Crippen LogP contribution in [0.1, 0.15) is 50.8 Å². The van der Waals surface area contributed by atoms with Crippen molar-refractivity contribution < 1.29 is 54.6 Å². The summed E-state index contributed by atoms with van der Waals surface area (Å²) in [5.41, 5.74) is -3.00. The van der Waals surface area contributed by atoms with Gasteiger partial charge in [0.25, 0.3) is 5.56 Å². The van der Waals surface area contributed by atoms with Crippen molar-refractivity contribution in [2.45, 2.75) is 57.5 Å². The van der Waals surface area contributed by atoms with Crippen molar-refractivity contribution in [1.82, 2.24) is 9.88 Å². The number of fused-ring (bicyclic) bond motifs is 1. The number of nitrogens with one attached hydrogen (secondary N) is 1. The minimum absolute atomic E-state index is 0.0143. The maximum atomic E-state index is 14.2. The highest BCUT2D eigenvalue weighted by Gasteiger charge is 2.34. The molecule has 1 N–H and O–H groups in total. The lowest BCUT2D eigenvalue weighted by Crippen LogP contribution is -2.48. The molecule has 4 aromatic rings. The zero-order chi connectivity index (χ0) is 37.1. The summed E-state index contributed by atoms with van der Waals surface area (Å²) in [6.07, 6.45) is -4.26. The van der Waals surface area contributed by atoms with Crippen LogP contribution in [-0.4, -0.2) is 34.9 Å². The van der Waals surface area contributed by atoms with E-state index in [0.717, 1.165) is 28.8 Å². The molecule has 16 heteroatoms. The number of nitrogens with zero attached hydrogens (tertiary/aromatic N) is 1. The summed E-state index contributed by atoms with van der Waals surface area (Å²) in [4.78, 5) is 53.3. The Hall–Kier alpha value is -4.92. The van der Waals surface area contributed by atoms with Crippen molar-refractivity contribution >= 4 is 40.0 Å². The first-order chi connectivity index (χ1) is 23.3. The first-order valence-electron chi connectivity index (χ1n) is 14.8. The van der Waals surface area contributed by atoms with Gasteiger partial charge in [-0.05, 0) is 61.5 Å². The largest absolute Gasteiger partial charge is 0.479 e. The van der Waals surface area contributed by atoms with E-state index in [4.69, 9.17) is 21.1 Å². The van der Waals surface area contributed by atoms with Crippen molar-refractivity contribution in [2.24, 2.45) is 0 Å². The van der Waals surface area contributed by atoms with Crippen LogP contribution in [0.3, 0.4) is 0 Å². The summed E-state index contributed by atoms with van der Waals surface area (Å²) < 4.78 is 106. The fourth-order valence-corrected chi connectivity index (χ4v) is 5.20. The van der Waals surface area contributed by atoms with Crippen LogP contribution >= 0.6 is 11.6 Å². The number of benzene rings is 3. The van der Waals surface area contributed by atoms with Crippen LogP contribution in [0, 0.1) is 23.3 Å². The number of amides is 1. The third-order valence-corrected chi connectivity index (χ3v) is 7.94. The average Bonchev–Trinajstić information content (AvgIpc) is 3.04. The highest BCUT2D eigenvalue weighted by Crippen LogP contribution is 2.32. The number of alkyl halides is 3. The van der Waals surface area contributed by atoms with Crippen molar-refractivity contribution in [3.05, 3.63) is 111 Å². The molecule has 8 nitrogen and oxygen atoms in total. The number of Topliss-reactive ketones (excluding diaryl/α,β-unsaturated/α-hetero) is 1. The standard InChI is InChI=1S/C34H28ClF7N2O6/c1-4-25(44-12-11-17-5-10-20(35)13-21(17)32(44)48)31(47)43-24(26(45)16-49-30-28(38)22(36)14-23(37)29(30)39)15-27(46)50-33(2,3)18-6-8-19(9-7-18)34(40,41)42/h5-14,24-25H,4,15-16H2,1-3H3,(H,43,47)/t24?,25-/m0/s1. The molecule has 1 heterocycles. The molecule has 0 saturated heterocycles. The smallest absolute Gasteiger partial charge is 0.416 e. The summed E-state index contributed by atoms with van der Waals surface area (Å²) in [5, 5.41) is 3.25. The summed E-state index contributed by atoms with van der Waals surface area (Å²) >= 11 is 6.04. The Morgan fingerprint density at radius 1 is 0.900 bits per heavy atom. The Morgan fingerprint density at radius 3 is 2.08 bits per heavy atom. The molecular weight excluding hydrogens is 701 g/mol. The van der Waals surface area contributed by atoms with Crippen molar-refractivity contribution in [2.75, 3.05) is 6.61 Å². The molecule has 1 aromatic heterocycles. The maximum Gasteiger partial charge on any atom is 0.416 e. The summed E-state index contributed by atoms with van der Waals surface area (Å²) in [6, 6.07) is 6.59. The van der Waals surface area contributed by atoms with Crippen molar-refractivity contribution in [3.8, 4) is 5.75 Å².